The van der Waals surface area contributed by atoms with E-state index in [0.717, 1.165) is 19.3 Å². The third-order valence-corrected chi connectivity index (χ3v) is 1.38. The van der Waals surface area contributed by atoms with Crippen LogP contribution >= 0.6 is 0 Å². The van der Waals surface area contributed by atoms with Gasteiger partial charge in [0.15, 0.2) is 0 Å². The molecule has 96 valence electrons. The number of ketones is 3. The third-order valence-electron chi connectivity index (χ3n) is 1.38. The van der Waals surface area contributed by atoms with Crippen LogP contribution in [0.5, 0.6) is 0 Å². The molecule has 0 N–H and O–H groups in total. The molecule has 0 atom stereocenters. The van der Waals surface area contributed by atoms with Gasteiger partial charge in [0, 0.05) is 12.8 Å². The second-order valence-corrected chi connectivity index (χ2v) is 3.77. The largest absolute Gasteiger partial charge is 0.300 e. The van der Waals surface area contributed by atoms with Crippen molar-refractivity contribution in [2.45, 2.75) is 67.2 Å². The van der Waals surface area contributed by atoms with E-state index in [1.165, 1.54) is 13.8 Å². The van der Waals surface area contributed by atoms with Crippen LogP contribution in [0, 0.1) is 0 Å². The van der Waals surface area contributed by atoms with Crippen LogP contribution in [0.1, 0.15) is 67.2 Å². The molecular formula is C13H26O3. The average molecular weight is 230 g/mol. The first-order valence-corrected chi connectivity index (χ1v) is 5.73. The number of carbonyl (C=O) groups excluding carboxylic acids is 3. The van der Waals surface area contributed by atoms with Gasteiger partial charge in [0.05, 0.1) is 0 Å². The van der Waals surface area contributed by atoms with Crippen LogP contribution in [0.3, 0.4) is 0 Å². The van der Waals surface area contributed by atoms with Crippen LogP contribution in [0.25, 0.3) is 0 Å². The van der Waals surface area contributed by atoms with Crippen molar-refractivity contribution in [2.24, 2.45) is 0 Å². The van der Waals surface area contributed by atoms with Crippen LogP contribution in [0.15, 0.2) is 0 Å². The van der Waals surface area contributed by atoms with Gasteiger partial charge < -0.3 is 14.4 Å². The third kappa shape index (κ3) is 74.8. The summed E-state index contributed by atoms with van der Waals surface area (Å²) in [7, 11) is 0. The highest BCUT2D eigenvalue weighted by Gasteiger charge is 1.87. The minimum Gasteiger partial charge on any atom is -0.300 e. The fourth-order valence-electron chi connectivity index (χ4n) is 0.426. The van der Waals surface area contributed by atoms with E-state index in [2.05, 4.69) is 6.92 Å². The van der Waals surface area contributed by atoms with Crippen molar-refractivity contribution in [1.82, 2.24) is 0 Å². The summed E-state index contributed by atoms with van der Waals surface area (Å²) in [4.78, 5) is 29.5. The molecule has 0 aromatic rings. The fourth-order valence-corrected chi connectivity index (χ4v) is 0.426. The van der Waals surface area contributed by atoms with Crippen molar-refractivity contribution in [2.75, 3.05) is 0 Å². The smallest absolute Gasteiger partial charge is 0.129 e. The second kappa shape index (κ2) is 16.4. The van der Waals surface area contributed by atoms with E-state index in [4.69, 9.17) is 0 Å². The van der Waals surface area contributed by atoms with Crippen molar-refractivity contribution in [3.8, 4) is 0 Å². The lowest BCUT2D eigenvalue weighted by molar-refractivity contribution is -0.117. The number of hydrogen-bond donors (Lipinski definition) is 0. The van der Waals surface area contributed by atoms with Crippen LogP contribution in [-0.2, 0) is 14.4 Å². The molecule has 0 saturated carbocycles. The van der Waals surface area contributed by atoms with Crippen LogP contribution < -0.4 is 0 Å². The van der Waals surface area contributed by atoms with E-state index in [-0.39, 0.29) is 11.6 Å². The minimum atomic E-state index is 0.167. The van der Waals surface area contributed by atoms with Crippen LogP contribution in [-0.4, -0.2) is 17.3 Å². The second-order valence-electron chi connectivity index (χ2n) is 3.77. The first-order valence-electron chi connectivity index (χ1n) is 5.73. The van der Waals surface area contributed by atoms with Gasteiger partial charge in [-0.15, -0.1) is 0 Å². The lowest BCUT2D eigenvalue weighted by Gasteiger charge is -1.86. The molecule has 0 rings (SSSR count). The molecule has 0 unspecified atom stereocenters. The molecule has 0 radical (unpaired) electrons. The van der Waals surface area contributed by atoms with Crippen molar-refractivity contribution < 1.29 is 14.4 Å². The molecule has 0 fully saturated rings. The summed E-state index contributed by atoms with van der Waals surface area (Å²) in [5.41, 5.74) is 0. The number of Topliss-reactive ketones (excluding diaryl/α,β-unsaturated/α-hetero) is 3. The van der Waals surface area contributed by atoms with Gasteiger partial charge in [-0.1, -0.05) is 20.3 Å². The topological polar surface area (TPSA) is 51.2 Å². The Bertz CT molecular complexity index is 191. The maximum Gasteiger partial charge on any atom is 0.129 e. The van der Waals surface area contributed by atoms with E-state index in [1.807, 2.05) is 6.92 Å². The van der Waals surface area contributed by atoms with Gasteiger partial charge in [-0.3, -0.25) is 0 Å². The van der Waals surface area contributed by atoms with Crippen molar-refractivity contribution in [3.63, 3.8) is 0 Å². The molecule has 0 aromatic heterocycles. The van der Waals surface area contributed by atoms with Crippen LogP contribution in [0.2, 0.25) is 0 Å². The predicted octanol–water partition coefficient (Wildman–Crippen LogP) is 3.35. The zero-order chi connectivity index (χ0) is 13.6. The van der Waals surface area contributed by atoms with Gasteiger partial charge in [-0.25, -0.2) is 0 Å². The maximum atomic E-state index is 10.2. The summed E-state index contributed by atoms with van der Waals surface area (Å²) in [6.45, 7) is 10.2. The van der Waals surface area contributed by atoms with Gasteiger partial charge in [-0.2, -0.15) is 0 Å². The molecule has 3 nitrogen and oxygen atoms in total. The molecule has 0 aliphatic carbocycles. The molecule has 3 heteroatoms. The lowest BCUT2D eigenvalue weighted by Crippen LogP contribution is -1.86. The normalized spacial score (nSPS) is 7.88. The summed E-state index contributed by atoms with van der Waals surface area (Å²) in [5, 5.41) is 0. The van der Waals surface area contributed by atoms with E-state index in [1.54, 1.807) is 13.8 Å². The van der Waals surface area contributed by atoms with Crippen molar-refractivity contribution >= 4 is 17.3 Å². The van der Waals surface area contributed by atoms with Gasteiger partial charge >= 0.3 is 0 Å². The van der Waals surface area contributed by atoms with Gasteiger partial charge in [-0.05, 0) is 34.1 Å². The number of hydrogen-bond acceptors (Lipinski definition) is 3. The number of rotatable bonds is 4. The molecule has 16 heavy (non-hydrogen) atoms. The Morgan fingerprint density at radius 3 is 1.19 bits per heavy atom. The van der Waals surface area contributed by atoms with E-state index >= 15 is 0 Å². The fraction of sp³-hybridized carbons (Fsp3) is 0.769. The molecule has 0 heterocycles. The Kier molecular flexibility index (Phi) is 21.0. The number of carbonyl (C=O) groups is 3. The predicted molar refractivity (Wildman–Crippen MR) is 67.5 cm³/mol. The standard InChI is InChI=1S/C6H12O.C4H8O.C3H6O/c1-3-4-5-6(2)7;1-3-4(2)5;1-3(2)4/h3-5H2,1-2H3;3H2,1-2H3;1-2H3. The zero-order valence-electron chi connectivity index (χ0n) is 11.6. The molecule has 0 aliphatic rings. The van der Waals surface area contributed by atoms with Gasteiger partial charge in [0.2, 0.25) is 0 Å². The SMILES string of the molecule is CC(C)=O.CCC(C)=O.CCCCC(C)=O. The van der Waals surface area contributed by atoms with Gasteiger partial charge in [0.1, 0.15) is 17.3 Å². The Morgan fingerprint density at radius 2 is 1.12 bits per heavy atom. The summed E-state index contributed by atoms with van der Waals surface area (Å²) in [5.74, 6) is 0.729. The monoisotopic (exact) mass is 230 g/mol. The van der Waals surface area contributed by atoms with E-state index in [9.17, 15) is 14.4 Å². The molecule has 0 spiro atoms. The molecular weight excluding hydrogens is 204 g/mol. The molecule has 0 aliphatic heterocycles. The Morgan fingerprint density at radius 1 is 0.812 bits per heavy atom. The first kappa shape index (κ1) is 20.4. The summed E-state index contributed by atoms with van der Waals surface area (Å²) in [6.07, 6.45) is 3.60. The molecule has 0 aromatic carbocycles. The first-order chi connectivity index (χ1) is 7.27. The zero-order valence-corrected chi connectivity index (χ0v) is 11.6. The number of unbranched alkanes of at least 4 members (excludes halogenated alkanes) is 1. The summed E-state index contributed by atoms with van der Waals surface area (Å²) < 4.78 is 0. The molecule has 0 saturated heterocycles. The highest BCUT2D eigenvalue weighted by molar-refractivity contribution is 5.75. The van der Waals surface area contributed by atoms with E-state index < -0.39 is 0 Å². The van der Waals surface area contributed by atoms with E-state index in [0.29, 0.717) is 12.2 Å². The van der Waals surface area contributed by atoms with Crippen molar-refractivity contribution in [1.29, 1.82) is 0 Å². The quantitative estimate of drug-likeness (QED) is 0.744. The minimum absolute atomic E-state index is 0.167. The molecule has 0 bridgehead atoms. The Balaban J connectivity index is -0.000000166. The highest BCUT2D eigenvalue weighted by Crippen LogP contribution is 1.92. The van der Waals surface area contributed by atoms with Crippen molar-refractivity contribution in [3.05, 3.63) is 0 Å². The van der Waals surface area contributed by atoms with Gasteiger partial charge in [0.25, 0.3) is 0 Å². The average Bonchev–Trinajstić information content (AvgIpc) is 2.14. The summed E-state index contributed by atoms with van der Waals surface area (Å²) >= 11 is 0. The molecule has 0 amide bonds. The highest BCUT2D eigenvalue weighted by atomic mass is 16.1. The lowest BCUT2D eigenvalue weighted by atomic mass is 10.2. The Labute approximate surface area is 99.6 Å². The Hall–Kier alpha value is -0.990. The maximum absolute atomic E-state index is 10.2. The van der Waals surface area contributed by atoms with Crippen LogP contribution in [0.4, 0.5) is 0 Å². The summed E-state index contributed by atoms with van der Waals surface area (Å²) in [6, 6.07) is 0.